The fourth-order valence-corrected chi connectivity index (χ4v) is 4.16. The number of halogens is 1. The molecule has 2 aromatic heterocycles. The highest BCUT2D eigenvalue weighted by molar-refractivity contribution is 6.30. The maximum absolute atomic E-state index is 12.6. The average molecular weight is 463 g/mol. The number of nitrogens with zero attached hydrogens (tertiary/aromatic N) is 6. The van der Waals surface area contributed by atoms with Crippen LogP contribution in [0.25, 0.3) is 16.7 Å². The predicted octanol–water partition coefficient (Wildman–Crippen LogP) is 3.59. The van der Waals surface area contributed by atoms with E-state index >= 15 is 0 Å². The van der Waals surface area contributed by atoms with Gasteiger partial charge in [0.05, 0.1) is 30.3 Å². The number of hydrogen-bond donors (Lipinski definition) is 0. The second-order valence-corrected chi connectivity index (χ2v) is 8.19. The third-order valence-electron chi connectivity index (χ3n) is 5.66. The van der Waals surface area contributed by atoms with Crippen molar-refractivity contribution < 1.29 is 9.53 Å². The van der Waals surface area contributed by atoms with Crippen LogP contribution in [-0.4, -0.2) is 63.3 Å². The molecular formula is C24H23ClN6O2. The summed E-state index contributed by atoms with van der Waals surface area (Å²) >= 11 is 6.15. The molecule has 1 aliphatic rings. The van der Waals surface area contributed by atoms with E-state index in [1.54, 1.807) is 17.2 Å². The lowest BCUT2D eigenvalue weighted by molar-refractivity contribution is -0.132. The van der Waals surface area contributed by atoms with Crippen molar-refractivity contribution in [3.63, 3.8) is 0 Å². The lowest BCUT2D eigenvalue weighted by atomic mass is 10.2. The molecule has 0 unspecified atom stereocenters. The van der Waals surface area contributed by atoms with Crippen LogP contribution in [0.5, 0.6) is 5.75 Å². The number of amides is 1. The molecule has 4 aromatic rings. The van der Waals surface area contributed by atoms with Crippen molar-refractivity contribution in [2.45, 2.75) is 6.42 Å². The Balaban J connectivity index is 1.23. The summed E-state index contributed by atoms with van der Waals surface area (Å²) in [5.41, 5.74) is 1.56. The first-order valence-electron chi connectivity index (χ1n) is 10.8. The number of piperazine rings is 1. The highest BCUT2D eigenvalue weighted by Gasteiger charge is 2.24. The second kappa shape index (κ2) is 9.46. The number of benzene rings is 2. The standard InChI is InChI=1S/C24H23ClN6O2/c25-18-5-4-6-19(15-18)31-24-21(16-28-31)23(26-17-27-24)30-12-10-29(11-13-30)22(32)9-14-33-20-7-2-1-3-8-20/h1-8,15-17H,9-14H2. The highest BCUT2D eigenvalue weighted by atomic mass is 35.5. The molecule has 1 fully saturated rings. The number of rotatable bonds is 6. The lowest BCUT2D eigenvalue weighted by Crippen LogP contribution is -2.49. The molecule has 9 heteroatoms. The van der Waals surface area contributed by atoms with E-state index in [-0.39, 0.29) is 5.91 Å². The Morgan fingerprint density at radius 3 is 2.61 bits per heavy atom. The van der Waals surface area contributed by atoms with Gasteiger partial charge in [-0.1, -0.05) is 35.9 Å². The fourth-order valence-electron chi connectivity index (χ4n) is 3.98. The van der Waals surface area contributed by atoms with Crippen LogP contribution in [-0.2, 0) is 4.79 Å². The van der Waals surface area contributed by atoms with Gasteiger partial charge in [0.15, 0.2) is 5.65 Å². The Bertz CT molecular complexity index is 1250. The van der Waals surface area contributed by atoms with Gasteiger partial charge < -0.3 is 14.5 Å². The summed E-state index contributed by atoms with van der Waals surface area (Å²) in [7, 11) is 0. The van der Waals surface area contributed by atoms with Gasteiger partial charge in [0.1, 0.15) is 17.9 Å². The minimum atomic E-state index is 0.104. The van der Waals surface area contributed by atoms with Crippen molar-refractivity contribution in [3.05, 3.63) is 72.1 Å². The van der Waals surface area contributed by atoms with Crippen LogP contribution in [0.4, 0.5) is 5.82 Å². The van der Waals surface area contributed by atoms with Crippen molar-refractivity contribution >= 4 is 34.4 Å². The molecule has 8 nitrogen and oxygen atoms in total. The molecule has 0 N–H and O–H groups in total. The quantitative estimate of drug-likeness (QED) is 0.436. The molecule has 0 atom stereocenters. The van der Waals surface area contributed by atoms with E-state index in [1.807, 2.05) is 59.5 Å². The van der Waals surface area contributed by atoms with Crippen LogP contribution in [0.1, 0.15) is 6.42 Å². The van der Waals surface area contributed by atoms with Gasteiger partial charge in [-0.2, -0.15) is 5.10 Å². The van der Waals surface area contributed by atoms with E-state index in [9.17, 15) is 4.79 Å². The summed E-state index contributed by atoms with van der Waals surface area (Å²) in [6.45, 7) is 3.04. The largest absolute Gasteiger partial charge is 0.493 e. The first-order valence-corrected chi connectivity index (χ1v) is 11.2. The van der Waals surface area contributed by atoms with E-state index in [0.29, 0.717) is 44.2 Å². The third-order valence-corrected chi connectivity index (χ3v) is 5.89. The topological polar surface area (TPSA) is 76.4 Å². The summed E-state index contributed by atoms with van der Waals surface area (Å²) in [5, 5.41) is 6.02. The third kappa shape index (κ3) is 4.61. The van der Waals surface area contributed by atoms with Crippen LogP contribution in [0, 0.1) is 0 Å². The monoisotopic (exact) mass is 462 g/mol. The van der Waals surface area contributed by atoms with Crippen LogP contribution in [0.2, 0.25) is 5.02 Å². The average Bonchev–Trinajstić information content (AvgIpc) is 3.29. The van der Waals surface area contributed by atoms with Crippen LogP contribution < -0.4 is 9.64 Å². The molecule has 0 aliphatic carbocycles. The molecule has 0 radical (unpaired) electrons. The van der Waals surface area contributed by atoms with Crippen LogP contribution in [0.3, 0.4) is 0 Å². The Morgan fingerprint density at radius 1 is 1.00 bits per heavy atom. The van der Waals surface area contributed by atoms with Crippen LogP contribution in [0.15, 0.2) is 67.1 Å². The van der Waals surface area contributed by atoms with E-state index in [1.165, 1.54) is 0 Å². The summed E-state index contributed by atoms with van der Waals surface area (Å²) in [4.78, 5) is 25.6. The van der Waals surface area contributed by atoms with Crippen molar-refractivity contribution in [1.29, 1.82) is 0 Å². The Morgan fingerprint density at radius 2 is 1.82 bits per heavy atom. The van der Waals surface area contributed by atoms with Gasteiger partial charge in [0.2, 0.25) is 5.91 Å². The molecule has 33 heavy (non-hydrogen) atoms. The van der Waals surface area contributed by atoms with Gasteiger partial charge >= 0.3 is 0 Å². The molecule has 0 spiro atoms. The Kier molecular flexibility index (Phi) is 6.08. The summed E-state index contributed by atoms with van der Waals surface area (Å²) in [6, 6.07) is 17.0. The molecule has 1 saturated heterocycles. The SMILES string of the molecule is O=C(CCOc1ccccc1)N1CCN(c2ncnc3c2cnn3-c2cccc(Cl)c2)CC1. The maximum atomic E-state index is 12.6. The zero-order valence-electron chi connectivity index (χ0n) is 18.0. The minimum absolute atomic E-state index is 0.104. The number of para-hydroxylation sites is 1. The number of fused-ring (bicyclic) bond motifs is 1. The molecule has 2 aromatic carbocycles. The van der Waals surface area contributed by atoms with Gasteiger partial charge in [-0.3, -0.25) is 4.79 Å². The normalized spacial score (nSPS) is 14.0. The van der Waals surface area contributed by atoms with Gasteiger partial charge in [-0.05, 0) is 30.3 Å². The molecule has 0 saturated carbocycles. The lowest BCUT2D eigenvalue weighted by Gasteiger charge is -2.35. The Labute approximate surface area is 196 Å². The summed E-state index contributed by atoms with van der Waals surface area (Å²) < 4.78 is 7.42. The number of hydrogen-bond acceptors (Lipinski definition) is 6. The van der Waals surface area contributed by atoms with E-state index in [0.717, 1.165) is 28.3 Å². The number of ether oxygens (including phenoxy) is 1. The number of carbonyl (C=O) groups is 1. The van der Waals surface area contributed by atoms with Crippen molar-refractivity contribution in [1.82, 2.24) is 24.6 Å². The smallest absolute Gasteiger partial charge is 0.226 e. The number of carbonyl (C=O) groups excluding carboxylic acids is 1. The van der Waals surface area contributed by atoms with Gasteiger partial charge in [-0.25, -0.2) is 14.6 Å². The molecule has 1 amide bonds. The number of aromatic nitrogens is 4. The molecule has 0 bridgehead atoms. The highest BCUT2D eigenvalue weighted by Crippen LogP contribution is 2.26. The second-order valence-electron chi connectivity index (χ2n) is 7.75. The van der Waals surface area contributed by atoms with Gasteiger partial charge in [0.25, 0.3) is 0 Å². The van der Waals surface area contributed by atoms with Gasteiger partial charge in [-0.15, -0.1) is 0 Å². The van der Waals surface area contributed by atoms with Crippen molar-refractivity contribution in [2.75, 3.05) is 37.7 Å². The Hall–Kier alpha value is -3.65. The van der Waals surface area contributed by atoms with Crippen molar-refractivity contribution in [2.24, 2.45) is 0 Å². The first-order chi connectivity index (χ1) is 16.2. The predicted molar refractivity (Wildman–Crippen MR) is 127 cm³/mol. The van der Waals surface area contributed by atoms with E-state index in [2.05, 4.69) is 20.0 Å². The van der Waals surface area contributed by atoms with E-state index in [4.69, 9.17) is 16.3 Å². The maximum Gasteiger partial charge on any atom is 0.226 e. The molecule has 3 heterocycles. The fraction of sp³-hybridized carbons (Fsp3) is 0.250. The van der Waals surface area contributed by atoms with Crippen LogP contribution >= 0.6 is 11.6 Å². The zero-order chi connectivity index (χ0) is 22.6. The first kappa shape index (κ1) is 21.2. The van der Waals surface area contributed by atoms with Gasteiger partial charge in [0, 0.05) is 31.2 Å². The molecular weight excluding hydrogens is 440 g/mol. The number of anilines is 1. The molecule has 168 valence electrons. The summed E-state index contributed by atoms with van der Waals surface area (Å²) in [6.07, 6.45) is 3.70. The molecule has 5 rings (SSSR count). The zero-order valence-corrected chi connectivity index (χ0v) is 18.7. The molecule has 1 aliphatic heterocycles. The van der Waals surface area contributed by atoms with E-state index < -0.39 is 0 Å². The minimum Gasteiger partial charge on any atom is -0.493 e. The van der Waals surface area contributed by atoms with Crippen molar-refractivity contribution in [3.8, 4) is 11.4 Å². The summed E-state index contributed by atoms with van der Waals surface area (Å²) in [5.74, 6) is 1.71.